The van der Waals surface area contributed by atoms with Gasteiger partial charge in [-0.15, -0.1) is 0 Å². The van der Waals surface area contributed by atoms with Crippen LogP contribution in [-0.4, -0.2) is 13.3 Å². The van der Waals surface area contributed by atoms with Crippen molar-refractivity contribution in [3.05, 3.63) is 23.3 Å². The van der Waals surface area contributed by atoms with Crippen LogP contribution in [0.25, 0.3) is 0 Å². The first-order valence-corrected chi connectivity index (χ1v) is 8.38. The van der Waals surface area contributed by atoms with Gasteiger partial charge in [0, 0.05) is 6.04 Å². The standard InChI is InChI=1S/C18H25NO2/c1-11-3-4-14(7-12(11)2)18-15-9-17-16(20-10-21-17)8-13(15)5-6-19-18/h8-9,11-12,14,18-19H,3-7,10H2,1-2H3. The van der Waals surface area contributed by atoms with Crippen LogP contribution in [0.1, 0.15) is 50.3 Å². The molecule has 4 rings (SSSR count). The number of fused-ring (bicyclic) bond motifs is 2. The Balaban J connectivity index is 1.64. The average molecular weight is 287 g/mol. The number of ether oxygens (including phenoxy) is 2. The molecule has 1 aliphatic carbocycles. The molecule has 0 saturated heterocycles. The number of hydrogen-bond acceptors (Lipinski definition) is 3. The highest BCUT2D eigenvalue weighted by molar-refractivity contribution is 5.50. The second-order valence-corrected chi connectivity index (χ2v) is 7.11. The topological polar surface area (TPSA) is 30.5 Å². The fourth-order valence-electron chi connectivity index (χ4n) is 4.29. The van der Waals surface area contributed by atoms with Crippen LogP contribution in [0.5, 0.6) is 11.5 Å². The number of benzene rings is 1. The maximum atomic E-state index is 5.59. The SMILES string of the molecule is CC1CCC(C2NCCc3cc4c(cc32)OCO4)CC1C. The van der Waals surface area contributed by atoms with Gasteiger partial charge in [-0.3, -0.25) is 0 Å². The van der Waals surface area contributed by atoms with E-state index < -0.39 is 0 Å². The van der Waals surface area contributed by atoms with E-state index in [9.17, 15) is 0 Å². The summed E-state index contributed by atoms with van der Waals surface area (Å²) < 4.78 is 11.1. The van der Waals surface area contributed by atoms with Crippen LogP contribution in [0.2, 0.25) is 0 Å². The largest absolute Gasteiger partial charge is 0.454 e. The van der Waals surface area contributed by atoms with Gasteiger partial charge >= 0.3 is 0 Å². The smallest absolute Gasteiger partial charge is 0.231 e. The quantitative estimate of drug-likeness (QED) is 0.855. The second kappa shape index (κ2) is 5.20. The second-order valence-electron chi connectivity index (χ2n) is 7.11. The van der Waals surface area contributed by atoms with Crippen LogP contribution in [0, 0.1) is 17.8 Å². The Morgan fingerprint density at radius 3 is 2.67 bits per heavy atom. The summed E-state index contributed by atoms with van der Waals surface area (Å²) in [5.74, 6) is 4.33. The van der Waals surface area contributed by atoms with Crippen molar-refractivity contribution in [1.82, 2.24) is 5.32 Å². The molecule has 0 aromatic heterocycles. The Kier molecular flexibility index (Phi) is 3.33. The van der Waals surface area contributed by atoms with Crippen molar-refractivity contribution in [2.45, 2.75) is 45.6 Å². The van der Waals surface area contributed by atoms with E-state index in [0.717, 1.165) is 42.2 Å². The Morgan fingerprint density at radius 1 is 1.05 bits per heavy atom. The molecule has 4 unspecified atom stereocenters. The molecule has 1 saturated carbocycles. The van der Waals surface area contributed by atoms with E-state index in [1.54, 1.807) is 0 Å². The minimum absolute atomic E-state index is 0.369. The molecule has 114 valence electrons. The fraction of sp³-hybridized carbons (Fsp3) is 0.667. The molecule has 1 aromatic carbocycles. The highest BCUT2D eigenvalue weighted by Gasteiger charge is 2.34. The summed E-state index contributed by atoms with van der Waals surface area (Å²) >= 11 is 0. The van der Waals surface area contributed by atoms with Crippen molar-refractivity contribution in [2.24, 2.45) is 17.8 Å². The van der Waals surface area contributed by atoms with Crippen molar-refractivity contribution in [2.75, 3.05) is 13.3 Å². The van der Waals surface area contributed by atoms with Gasteiger partial charge in [0.1, 0.15) is 0 Å². The van der Waals surface area contributed by atoms with Crippen LogP contribution in [-0.2, 0) is 6.42 Å². The van der Waals surface area contributed by atoms with Crippen LogP contribution >= 0.6 is 0 Å². The summed E-state index contributed by atoms with van der Waals surface area (Å²) in [5, 5.41) is 3.78. The number of rotatable bonds is 1. The monoisotopic (exact) mass is 287 g/mol. The molecule has 3 aliphatic rings. The van der Waals surface area contributed by atoms with E-state index in [4.69, 9.17) is 9.47 Å². The molecule has 0 radical (unpaired) electrons. The third kappa shape index (κ3) is 2.32. The van der Waals surface area contributed by atoms with Crippen molar-refractivity contribution in [3.63, 3.8) is 0 Å². The fourth-order valence-corrected chi connectivity index (χ4v) is 4.29. The number of hydrogen-bond donors (Lipinski definition) is 1. The van der Waals surface area contributed by atoms with Gasteiger partial charge in [0.25, 0.3) is 0 Å². The Bertz CT molecular complexity index is 542. The lowest BCUT2D eigenvalue weighted by molar-refractivity contribution is 0.167. The van der Waals surface area contributed by atoms with Crippen molar-refractivity contribution < 1.29 is 9.47 Å². The summed E-state index contributed by atoms with van der Waals surface area (Å²) in [4.78, 5) is 0. The van der Waals surface area contributed by atoms with Gasteiger partial charge in [0.15, 0.2) is 11.5 Å². The van der Waals surface area contributed by atoms with E-state index in [2.05, 4.69) is 31.3 Å². The Morgan fingerprint density at radius 2 is 1.86 bits per heavy atom. The van der Waals surface area contributed by atoms with E-state index >= 15 is 0 Å². The molecule has 2 aliphatic heterocycles. The lowest BCUT2D eigenvalue weighted by Gasteiger charge is -2.39. The molecule has 1 aromatic rings. The summed E-state index contributed by atoms with van der Waals surface area (Å²) in [5.41, 5.74) is 2.91. The van der Waals surface area contributed by atoms with Gasteiger partial charge < -0.3 is 14.8 Å². The summed E-state index contributed by atoms with van der Waals surface area (Å²) in [7, 11) is 0. The van der Waals surface area contributed by atoms with E-state index in [0.29, 0.717) is 12.8 Å². The van der Waals surface area contributed by atoms with Gasteiger partial charge in [0.2, 0.25) is 6.79 Å². The van der Waals surface area contributed by atoms with Gasteiger partial charge in [-0.25, -0.2) is 0 Å². The Labute approximate surface area is 127 Å². The molecule has 0 bridgehead atoms. The maximum absolute atomic E-state index is 5.59. The highest BCUT2D eigenvalue weighted by atomic mass is 16.7. The maximum Gasteiger partial charge on any atom is 0.231 e. The van der Waals surface area contributed by atoms with Crippen LogP contribution in [0.3, 0.4) is 0 Å². The third-order valence-electron chi connectivity index (χ3n) is 5.84. The lowest BCUT2D eigenvalue weighted by atomic mass is 9.71. The van der Waals surface area contributed by atoms with E-state index in [-0.39, 0.29) is 0 Å². The van der Waals surface area contributed by atoms with Gasteiger partial charge in [-0.1, -0.05) is 20.3 Å². The van der Waals surface area contributed by atoms with Crippen molar-refractivity contribution in [1.29, 1.82) is 0 Å². The normalized spacial score (nSPS) is 34.6. The van der Waals surface area contributed by atoms with Crippen LogP contribution < -0.4 is 14.8 Å². The van der Waals surface area contributed by atoms with Crippen LogP contribution in [0.4, 0.5) is 0 Å². The summed E-state index contributed by atoms with van der Waals surface area (Å²) in [6.45, 7) is 6.27. The average Bonchev–Trinajstić information content (AvgIpc) is 2.94. The first kappa shape index (κ1) is 13.4. The molecule has 0 amide bonds. The minimum Gasteiger partial charge on any atom is -0.454 e. The molecule has 0 spiro atoms. The predicted molar refractivity (Wildman–Crippen MR) is 82.7 cm³/mol. The summed E-state index contributed by atoms with van der Waals surface area (Å²) in [6.07, 6.45) is 5.15. The molecule has 4 atom stereocenters. The molecule has 1 N–H and O–H groups in total. The van der Waals surface area contributed by atoms with Gasteiger partial charge in [-0.2, -0.15) is 0 Å². The van der Waals surface area contributed by atoms with Crippen molar-refractivity contribution in [3.8, 4) is 11.5 Å². The molecule has 1 fully saturated rings. The van der Waals surface area contributed by atoms with E-state index in [1.165, 1.54) is 30.4 Å². The van der Waals surface area contributed by atoms with Gasteiger partial charge in [0.05, 0.1) is 0 Å². The molecule has 3 heteroatoms. The highest BCUT2D eigenvalue weighted by Crippen LogP contribution is 2.44. The Hall–Kier alpha value is -1.22. The molecule has 21 heavy (non-hydrogen) atoms. The summed E-state index contributed by atoms with van der Waals surface area (Å²) in [6, 6.07) is 4.94. The lowest BCUT2D eigenvalue weighted by Crippen LogP contribution is -2.37. The molecule has 3 nitrogen and oxygen atoms in total. The van der Waals surface area contributed by atoms with Gasteiger partial charge in [-0.05, 0) is 66.8 Å². The van der Waals surface area contributed by atoms with E-state index in [1.807, 2.05) is 0 Å². The number of nitrogens with one attached hydrogen (secondary N) is 1. The molecular weight excluding hydrogens is 262 g/mol. The first-order chi connectivity index (χ1) is 10.2. The first-order valence-electron chi connectivity index (χ1n) is 8.38. The van der Waals surface area contributed by atoms with Crippen LogP contribution in [0.15, 0.2) is 12.1 Å². The molecule has 2 heterocycles. The molecular formula is C18H25NO2. The third-order valence-corrected chi connectivity index (χ3v) is 5.84. The zero-order valence-electron chi connectivity index (χ0n) is 13.0. The zero-order chi connectivity index (χ0) is 14.4. The van der Waals surface area contributed by atoms with Crippen molar-refractivity contribution >= 4 is 0 Å². The minimum atomic E-state index is 0.369. The zero-order valence-corrected chi connectivity index (χ0v) is 13.0. The predicted octanol–water partition coefficient (Wildman–Crippen LogP) is 3.67.